The van der Waals surface area contributed by atoms with Gasteiger partial charge in [0, 0.05) is 20.8 Å². The Morgan fingerprint density at radius 2 is 2.38 bits per heavy atom. The van der Waals surface area contributed by atoms with E-state index in [9.17, 15) is 4.79 Å². The fourth-order valence-electron chi connectivity index (χ4n) is 1.13. The van der Waals surface area contributed by atoms with Crippen molar-refractivity contribution in [3.8, 4) is 0 Å². The van der Waals surface area contributed by atoms with Gasteiger partial charge in [0.05, 0.1) is 24.6 Å². The standard InChI is InChI=1S/C9H14BrN3O3/c1-15-5-6(16-2)3-11-7-4-12-13-9(14)8(7)10/h4,6H,3,5H2,1-2H3,(H2,11,13,14). The Labute approximate surface area is 101 Å². The number of H-pyrrole nitrogens is 1. The summed E-state index contributed by atoms with van der Waals surface area (Å²) in [6, 6.07) is 0. The molecule has 0 saturated carbocycles. The molecule has 2 N–H and O–H groups in total. The molecule has 0 radical (unpaired) electrons. The largest absolute Gasteiger partial charge is 0.382 e. The number of aromatic nitrogens is 2. The Morgan fingerprint density at radius 3 is 3.00 bits per heavy atom. The summed E-state index contributed by atoms with van der Waals surface area (Å²) in [5.74, 6) is 0. The van der Waals surface area contributed by atoms with Crippen LogP contribution in [0.1, 0.15) is 0 Å². The number of ether oxygens (including phenoxy) is 2. The topological polar surface area (TPSA) is 76.2 Å². The number of halogens is 1. The molecule has 0 saturated heterocycles. The molecule has 0 aliphatic rings. The predicted molar refractivity (Wildman–Crippen MR) is 63.7 cm³/mol. The van der Waals surface area contributed by atoms with Gasteiger partial charge in [-0.15, -0.1) is 0 Å². The summed E-state index contributed by atoms with van der Waals surface area (Å²) in [6.07, 6.45) is 1.46. The number of aromatic amines is 1. The van der Waals surface area contributed by atoms with Crippen LogP contribution in [0, 0.1) is 0 Å². The van der Waals surface area contributed by atoms with E-state index < -0.39 is 0 Å². The highest BCUT2D eigenvalue weighted by molar-refractivity contribution is 9.10. The van der Waals surface area contributed by atoms with Crippen LogP contribution in [0.2, 0.25) is 0 Å². The zero-order valence-electron chi connectivity index (χ0n) is 9.12. The number of nitrogens with zero attached hydrogens (tertiary/aromatic N) is 1. The van der Waals surface area contributed by atoms with Crippen molar-refractivity contribution < 1.29 is 9.47 Å². The first-order valence-corrected chi connectivity index (χ1v) is 5.47. The molecule has 6 nitrogen and oxygen atoms in total. The molecular formula is C9H14BrN3O3. The molecule has 0 aromatic carbocycles. The number of nitrogens with one attached hydrogen (secondary N) is 2. The maximum Gasteiger partial charge on any atom is 0.280 e. The van der Waals surface area contributed by atoms with Crippen molar-refractivity contribution in [3.63, 3.8) is 0 Å². The van der Waals surface area contributed by atoms with Crippen molar-refractivity contribution in [2.75, 3.05) is 32.7 Å². The lowest BCUT2D eigenvalue weighted by Crippen LogP contribution is -2.27. The lowest BCUT2D eigenvalue weighted by molar-refractivity contribution is 0.0365. The Morgan fingerprint density at radius 1 is 1.62 bits per heavy atom. The maximum atomic E-state index is 11.2. The molecule has 0 aliphatic heterocycles. The van der Waals surface area contributed by atoms with Crippen LogP contribution in [0.15, 0.2) is 15.5 Å². The smallest absolute Gasteiger partial charge is 0.280 e. The molecule has 1 heterocycles. The lowest BCUT2D eigenvalue weighted by Gasteiger charge is -2.15. The van der Waals surface area contributed by atoms with Crippen LogP contribution < -0.4 is 10.9 Å². The van der Waals surface area contributed by atoms with Gasteiger partial charge in [0.15, 0.2) is 0 Å². The third kappa shape index (κ3) is 3.58. The van der Waals surface area contributed by atoms with Gasteiger partial charge in [-0.25, -0.2) is 5.10 Å². The minimum absolute atomic E-state index is 0.0730. The quantitative estimate of drug-likeness (QED) is 0.803. The Hall–Kier alpha value is -0.920. The van der Waals surface area contributed by atoms with Crippen molar-refractivity contribution in [3.05, 3.63) is 21.0 Å². The summed E-state index contributed by atoms with van der Waals surface area (Å²) in [5.41, 5.74) is 0.354. The fourth-order valence-corrected chi connectivity index (χ4v) is 1.46. The monoisotopic (exact) mass is 291 g/mol. The molecular weight excluding hydrogens is 278 g/mol. The third-order valence-electron chi connectivity index (χ3n) is 2.00. The van der Waals surface area contributed by atoms with Crippen LogP contribution in [0.5, 0.6) is 0 Å². The number of anilines is 1. The minimum Gasteiger partial charge on any atom is -0.382 e. The maximum absolute atomic E-state index is 11.2. The molecule has 0 aliphatic carbocycles. The van der Waals surface area contributed by atoms with Crippen LogP contribution in [0.3, 0.4) is 0 Å². The SMILES string of the molecule is COCC(CNc1cn[nH]c(=O)c1Br)OC. The zero-order valence-corrected chi connectivity index (χ0v) is 10.7. The molecule has 7 heteroatoms. The fraction of sp³-hybridized carbons (Fsp3) is 0.556. The summed E-state index contributed by atoms with van der Waals surface area (Å²) >= 11 is 3.17. The predicted octanol–water partition coefficient (Wildman–Crippen LogP) is 0.606. The summed E-state index contributed by atoms with van der Waals surface area (Å²) in [5, 5.41) is 9.07. The van der Waals surface area contributed by atoms with E-state index in [0.717, 1.165) is 0 Å². The van der Waals surface area contributed by atoms with E-state index in [1.54, 1.807) is 14.2 Å². The molecule has 1 unspecified atom stereocenters. The first kappa shape index (κ1) is 13.1. The molecule has 0 spiro atoms. The summed E-state index contributed by atoms with van der Waals surface area (Å²) in [4.78, 5) is 11.2. The van der Waals surface area contributed by atoms with Crippen molar-refractivity contribution in [1.29, 1.82) is 0 Å². The van der Waals surface area contributed by atoms with Gasteiger partial charge in [0.25, 0.3) is 5.56 Å². The second kappa shape index (κ2) is 6.62. The van der Waals surface area contributed by atoms with E-state index in [4.69, 9.17) is 9.47 Å². The average Bonchev–Trinajstić information content (AvgIpc) is 2.29. The average molecular weight is 292 g/mol. The van der Waals surface area contributed by atoms with Crippen LogP contribution in [0.25, 0.3) is 0 Å². The molecule has 90 valence electrons. The Bertz CT molecular complexity index is 383. The van der Waals surface area contributed by atoms with Crippen molar-refractivity contribution in [2.24, 2.45) is 0 Å². The van der Waals surface area contributed by atoms with Crippen LogP contribution in [-0.2, 0) is 9.47 Å². The second-order valence-corrected chi connectivity index (χ2v) is 3.91. The van der Waals surface area contributed by atoms with Gasteiger partial charge in [-0.1, -0.05) is 0 Å². The second-order valence-electron chi connectivity index (χ2n) is 3.12. The van der Waals surface area contributed by atoms with Gasteiger partial charge < -0.3 is 14.8 Å². The van der Waals surface area contributed by atoms with Gasteiger partial charge >= 0.3 is 0 Å². The summed E-state index contributed by atoms with van der Waals surface area (Å²) in [7, 11) is 3.22. The van der Waals surface area contributed by atoms with E-state index in [1.165, 1.54) is 6.20 Å². The van der Waals surface area contributed by atoms with Gasteiger partial charge in [-0.3, -0.25) is 4.79 Å². The number of hydrogen-bond acceptors (Lipinski definition) is 5. The van der Waals surface area contributed by atoms with Crippen LogP contribution in [0.4, 0.5) is 5.69 Å². The Kier molecular flexibility index (Phi) is 5.44. The number of hydrogen-bond donors (Lipinski definition) is 2. The van der Waals surface area contributed by atoms with Gasteiger partial charge in [-0.05, 0) is 15.9 Å². The minimum atomic E-state index is -0.272. The summed E-state index contributed by atoms with van der Waals surface area (Å²) < 4.78 is 10.6. The molecule has 1 rings (SSSR count). The first-order valence-electron chi connectivity index (χ1n) is 4.67. The molecule has 16 heavy (non-hydrogen) atoms. The first-order chi connectivity index (χ1) is 7.69. The number of rotatable bonds is 6. The highest BCUT2D eigenvalue weighted by atomic mass is 79.9. The van der Waals surface area contributed by atoms with Crippen molar-refractivity contribution >= 4 is 21.6 Å². The molecule has 0 fully saturated rings. The van der Waals surface area contributed by atoms with E-state index >= 15 is 0 Å². The highest BCUT2D eigenvalue weighted by Gasteiger charge is 2.09. The normalized spacial score (nSPS) is 12.4. The van der Waals surface area contributed by atoms with Crippen LogP contribution >= 0.6 is 15.9 Å². The van der Waals surface area contributed by atoms with E-state index in [1.807, 2.05) is 0 Å². The highest BCUT2D eigenvalue weighted by Crippen LogP contribution is 2.15. The molecule has 0 bridgehead atoms. The van der Waals surface area contributed by atoms with E-state index in [-0.39, 0.29) is 11.7 Å². The third-order valence-corrected chi connectivity index (χ3v) is 2.79. The molecule has 0 amide bonds. The molecule has 1 atom stereocenters. The van der Waals surface area contributed by atoms with E-state index in [2.05, 4.69) is 31.4 Å². The van der Waals surface area contributed by atoms with Crippen molar-refractivity contribution in [1.82, 2.24) is 10.2 Å². The zero-order chi connectivity index (χ0) is 12.0. The van der Waals surface area contributed by atoms with E-state index in [0.29, 0.717) is 23.3 Å². The lowest BCUT2D eigenvalue weighted by atomic mass is 10.3. The van der Waals surface area contributed by atoms with Crippen molar-refractivity contribution in [2.45, 2.75) is 6.10 Å². The van der Waals surface area contributed by atoms with Crippen LogP contribution in [-0.4, -0.2) is 43.7 Å². The molecule has 1 aromatic heterocycles. The number of methoxy groups -OCH3 is 2. The van der Waals surface area contributed by atoms with Gasteiger partial charge in [0.1, 0.15) is 4.47 Å². The Balaban J connectivity index is 2.60. The van der Waals surface area contributed by atoms with Gasteiger partial charge in [-0.2, -0.15) is 5.10 Å². The van der Waals surface area contributed by atoms with Gasteiger partial charge in [0.2, 0.25) is 0 Å². The summed E-state index contributed by atoms with van der Waals surface area (Å²) in [6.45, 7) is 1.02. The molecule has 1 aromatic rings.